The van der Waals surface area contributed by atoms with Crippen molar-refractivity contribution in [3.8, 4) is 5.75 Å². The van der Waals surface area contributed by atoms with E-state index in [-0.39, 0.29) is 30.9 Å². The number of likely N-dealkylation sites (tertiary alicyclic amines) is 1. The van der Waals surface area contributed by atoms with Gasteiger partial charge in [-0.2, -0.15) is 0 Å². The van der Waals surface area contributed by atoms with Crippen LogP contribution in [0.25, 0.3) is 10.8 Å². The van der Waals surface area contributed by atoms with E-state index in [4.69, 9.17) is 4.74 Å². The normalized spacial score (nSPS) is 28.1. The highest BCUT2D eigenvalue weighted by atomic mass is 32.2. The third kappa shape index (κ3) is 4.65. The number of ether oxygens (including phenoxy) is 1. The number of hydrogen-bond donors (Lipinski definition) is 3. The Balaban J connectivity index is 1.30. The second kappa shape index (κ2) is 10.7. The van der Waals surface area contributed by atoms with Crippen LogP contribution < -0.4 is 15.4 Å². The van der Waals surface area contributed by atoms with Crippen LogP contribution in [0, 0.1) is 11.8 Å². The van der Waals surface area contributed by atoms with Gasteiger partial charge in [0.15, 0.2) is 0 Å². The molecule has 2 unspecified atom stereocenters. The molecule has 3 fully saturated rings. The van der Waals surface area contributed by atoms with E-state index in [9.17, 15) is 19.5 Å². The fourth-order valence-corrected chi connectivity index (χ4v) is 9.46. The number of carbonyl (C=O) groups excluding carboxylic acids is 3. The smallest absolute Gasteiger partial charge is 0.248 e. The maximum Gasteiger partial charge on any atom is 0.248 e. The van der Waals surface area contributed by atoms with Crippen molar-refractivity contribution in [3.05, 3.63) is 66.7 Å². The Kier molecular flexibility index (Phi) is 7.20. The standard InChI is InChI=1S/C32H35N3O5S/c1-3-40-24-13-11-22(12-14-24)33-28(37)25-26-30(39)35(17-6-18-36)27(32(26)16-15-31(25,2)41-32)29(38)34-23-10-9-20-7-4-5-8-21(20)19-23/h4-5,7-14,19,25-27,36H,3,6,15-18H2,1-2H3,(H,33,37)(H,34,38)/t25-,26+,27?,31+,32?/m1/s1. The molecule has 3 aliphatic heterocycles. The summed E-state index contributed by atoms with van der Waals surface area (Å²) in [6.07, 6.45) is 1.76. The number of thioether (sulfide) groups is 1. The average molecular weight is 574 g/mol. The highest BCUT2D eigenvalue weighted by molar-refractivity contribution is 8.02. The summed E-state index contributed by atoms with van der Waals surface area (Å²) in [6, 6.07) is 20.2. The molecule has 3 aliphatic rings. The summed E-state index contributed by atoms with van der Waals surface area (Å²) in [5, 5.41) is 17.8. The molecule has 8 nitrogen and oxygen atoms in total. The molecule has 5 atom stereocenters. The van der Waals surface area contributed by atoms with Gasteiger partial charge >= 0.3 is 0 Å². The molecule has 214 valence electrons. The van der Waals surface area contributed by atoms with E-state index in [0.717, 1.165) is 22.9 Å². The molecule has 2 bridgehead atoms. The molecule has 0 aliphatic carbocycles. The molecule has 0 aromatic heterocycles. The predicted octanol–water partition coefficient (Wildman–Crippen LogP) is 4.68. The number of benzene rings is 3. The molecule has 3 N–H and O–H groups in total. The molecule has 3 heterocycles. The monoisotopic (exact) mass is 573 g/mol. The molecular formula is C32H35N3O5S. The first kappa shape index (κ1) is 27.6. The predicted molar refractivity (Wildman–Crippen MR) is 161 cm³/mol. The number of nitrogens with one attached hydrogen (secondary N) is 2. The molecule has 41 heavy (non-hydrogen) atoms. The highest BCUT2D eigenvalue weighted by Gasteiger charge is 2.77. The van der Waals surface area contributed by atoms with Crippen LogP contribution in [0.3, 0.4) is 0 Å². The van der Waals surface area contributed by atoms with Crippen LogP contribution in [-0.4, -0.2) is 63.0 Å². The van der Waals surface area contributed by atoms with Crippen LogP contribution in [-0.2, 0) is 14.4 Å². The van der Waals surface area contributed by atoms with Gasteiger partial charge in [-0.25, -0.2) is 0 Å². The minimum Gasteiger partial charge on any atom is -0.494 e. The largest absolute Gasteiger partial charge is 0.494 e. The number of amides is 3. The van der Waals surface area contributed by atoms with Crippen molar-refractivity contribution in [2.24, 2.45) is 11.8 Å². The summed E-state index contributed by atoms with van der Waals surface area (Å²) in [7, 11) is 0. The van der Waals surface area contributed by atoms with Gasteiger partial charge in [-0.3, -0.25) is 14.4 Å². The highest BCUT2D eigenvalue weighted by Crippen LogP contribution is 2.71. The Morgan fingerprint density at radius 2 is 1.71 bits per heavy atom. The molecule has 6 rings (SSSR count). The average Bonchev–Trinajstić information content (AvgIpc) is 3.53. The Hall–Kier alpha value is -3.56. The first-order chi connectivity index (χ1) is 19.8. The summed E-state index contributed by atoms with van der Waals surface area (Å²) in [4.78, 5) is 43.6. The second-order valence-corrected chi connectivity index (χ2v) is 13.2. The van der Waals surface area contributed by atoms with E-state index in [2.05, 4.69) is 17.6 Å². The van der Waals surface area contributed by atoms with Gasteiger partial charge in [0, 0.05) is 29.3 Å². The number of nitrogens with zero attached hydrogens (tertiary/aromatic N) is 1. The molecule has 9 heteroatoms. The first-order valence-corrected chi connectivity index (χ1v) is 15.1. The summed E-state index contributed by atoms with van der Waals surface area (Å²) in [5.41, 5.74) is 1.30. The maximum atomic E-state index is 14.1. The van der Waals surface area contributed by atoms with Gasteiger partial charge in [-0.15, -0.1) is 11.8 Å². The topological polar surface area (TPSA) is 108 Å². The van der Waals surface area contributed by atoms with Crippen LogP contribution >= 0.6 is 11.8 Å². The van der Waals surface area contributed by atoms with Crippen LogP contribution in [0.15, 0.2) is 66.7 Å². The minimum absolute atomic E-state index is 0.0903. The van der Waals surface area contributed by atoms with E-state index >= 15 is 0 Å². The quantitative estimate of drug-likeness (QED) is 0.343. The van der Waals surface area contributed by atoms with Crippen molar-refractivity contribution in [2.75, 3.05) is 30.4 Å². The lowest BCUT2D eigenvalue weighted by molar-refractivity contribution is -0.139. The lowest BCUT2D eigenvalue weighted by Crippen LogP contribution is -2.52. The van der Waals surface area contributed by atoms with E-state index in [1.165, 1.54) is 0 Å². The summed E-state index contributed by atoms with van der Waals surface area (Å²) >= 11 is 1.63. The van der Waals surface area contributed by atoms with Crippen molar-refractivity contribution in [1.29, 1.82) is 0 Å². The summed E-state index contributed by atoms with van der Waals surface area (Å²) in [5.74, 6) is -1.13. The van der Waals surface area contributed by atoms with Gasteiger partial charge in [0.1, 0.15) is 11.8 Å². The zero-order valence-corrected chi connectivity index (χ0v) is 24.1. The number of hydrogen-bond acceptors (Lipinski definition) is 6. The molecule has 3 aromatic carbocycles. The maximum absolute atomic E-state index is 14.1. The number of anilines is 2. The van der Waals surface area contributed by atoms with Crippen LogP contribution in [0.5, 0.6) is 5.75 Å². The number of fused-ring (bicyclic) bond motifs is 2. The van der Waals surface area contributed by atoms with E-state index in [0.29, 0.717) is 30.8 Å². The van der Waals surface area contributed by atoms with Crippen molar-refractivity contribution >= 4 is 51.6 Å². The van der Waals surface area contributed by atoms with Crippen LogP contribution in [0.2, 0.25) is 0 Å². The van der Waals surface area contributed by atoms with Crippen molar-refractivity contribution in [3.63, 3.8) is 0 Å². The molecule has 0 saturated carbocycles. The van der Waals surface area contributed by atoms with Crippen molar-refractivity contribution in [1.82, 2.24) is 4.90 Å². The lowest BCUT2D eigenvalue weighted by atomic mass is 9.66. The third-order valence-corrected chi connectivity index (χ3v) is 10.8. The molecule has 3 aromatic rings. The van der Waals surface area contributed by atoms with Gasteiger partial charge in [0.2, 0.25) is 17.7 Å². The van der Waals surface area contributed by atoms with E-state index < -0.39 is 27.4 Å². The van der Waals surface area contributed by atoms with Gasteiger partial charge in [-0.1, -0.05) is 30.3 Å². The summed E-state index contributed by atoms with van der Waals surface area (Å²) in [6.45, 7) is 4.69. The SMILES string of the molecule is CCOc1ccc(NC(=O)[C@H]2[C@H]3C(=O)N(CCCO)C(C(=O)Nc4ccc5ccccc5c4)C34CC[C@]2(C)S4)cc1. The van der Waals surface area contributed by atoms with E-state index in [1.807, 2.05) is 61.5 Å². The number of aliphatic hydroxyl groups excluding tert-OH is 1. The Morgan fingerprint density at radius 3 is 2.44 bits per heavy atom. The van der Waals surface area contributed by atoms with Crippen molar-refractivity contribution < 1.29 is 24.2 Å². The molecule has 1 spiro atoms. The molecule has 3 saturated heterocycles. The molecule has 3 amide bonds. The lowest BCUT2D eigenvalue weighted by Gasteiger charge is -2.34. The fourth-order valence-electron chi connectivity index (χ4n) is 7.11. The first-order valence-electron chi connectivity index (χ1n) is 14.2. The second-order valence-electron chi connectivity index (χ2n) is 11.3. The Morgan fingerprint density at radius 1 is 1.00 bits per heavy atom. The van der Waals surface area contributed by atoms with Gasteiger partial charge in [0.25, 0.3) is 0 Å². The van der Waals surface area contributed by atoms with Crippen LogP contribution in [0.4, 0.5) is 11.4 Å². The zero-order valence-electron chi connectivity index (χ0n) is 23.3. The Bertz CT molecular complexity index is 1500. The number of carbonyl (C=O) groups is 3. The van der Waals surface area contributed by atoms with Gasteiger partial charge < -0.3 is 25.4 Å². The molecular weight excluding hydrogens is 538 g/mol. The number of rotatable bonds is 9. The third-order valence-electron chi connectivity index (χ3n) is 8.81. The molecule has 0 radical (unpaired) electrons. The van der Waals surface area contributed by atoms with E-state index in [1.54, 1.807) is 28.8 Å². The van der Waals surface area contributed by atoms with Crippen LogP contribution in [0.1, 0.15) is 33.1 Å². The zero-order chi connectivity index (χ0) is 28.8. The van der Waals surface area contributed by atoms with Crippen molar-refractivity contribution in [2.45, 2.75) is 48.6 Å². The Labute approximate surface area is 243 Å². The minimum atomic E-state index is -0.742. The van der Waals surface area contributed by atoms with Gasteiger partial charge in [0.05, 0.1) is 23.2 Å². The van der Waals surface area contributed by atoms with Gasteiger partial charge in [-0.05, 0) is 80.3 Å². The fraction of sp³-hybridized carbons (Fsp3) is 0.406. The number of aliphatic hydroxyl groups is 1. The summed E-state index contributed by atoms with van der Waals surface area (Å²) < 4.78 is 4.32.